The first-order valence-electron chi connectivity index (χ1n) is 6.77. The molecule has 0 bridgehead atoms. The molecule has 0 aromatic carbocycles. The zero-order valence-corrected chi connectivity index (χ0v) is 12.7. The second-order valence-electron chi connectivity index (χ2n) is 4.27. The molecule has 4 nitrogen and oxygen atoms in total. The van der Waals surface area contributed by atoms with Crippen molar-refractivity contribution in [1.82, 2.24) is 15.2 Å². The van der Waals surface area contributed by atoms with Crippen molar-refractivity contribution < 1.29 is 0 Å². The quantitative estimate of drug-likeness (QED) is 0.735. The van der Waals surface area contributed by atoms with E-state index in [0.717, 1.165) is 30.7 Å². The molecular weight excluding hydrogens is 244 g/mol. The Kier molecular flexibility index (Phi) is 7.01. The number of nitrogens with one attached hydrogen (secondary N) is 1. The van der Waals surface area contributed by atoms with Crippen molar-refractivity contribution in [2.45, 2.75) is 53.0 Å². The normalized spacial score (nSPS) is 12.4. The fourth-order valence-electron chi connectivity index (χ4n) is 1.70. The number of anilines is 1. The molecule has 0 aliphatic rings. The number of nitrogens with zero attached hydrogens (tertiary/aromatic N) is 3. The lowest BCUT2D eigenvalue weighted by Gasteiger charge is -2.14. The van der Waals surface area contributed by atoms with Crippen LogP contribution in [0.5, 0.6) is 0 Å². The minimum Gasteiger partial charge on any atom is -0.350 e. The average Bonchev–Trinajstić information content (AvgIpc) is 2.39. The van der Waals surface area contributed by atoms with Gasteiger partial charge in [0.25, 0.3) is 0 Å². The van der Waals surface area contributed by atoms with Gasteiger partial charge in [-0.15, -0.1) is 5.10 Å². The molecule has 1 rings (SSSR count). The van der Waals surface area contributed by atoms with Crippen molar-refractivity contribution in [2.24, 2.45) is 0 Å². The van der Waals surface area contributed by atoms with E-state index in [2.05, 4.69) is 48.2 Å². The van der Waals surface area contributed by atoms with E-state index in [0.29, 0.717) is 12.0 Å². The van der Waals surface area contributed by atoms with Gasteiger partial charge < -0.3 is 5.32 Å². The predicted molar refractivity (Wildman–Crippen MR) is 79.3 cm³/mol. The highest BCUT2D eigenvalue weighted by Gasteiger charge is 2.08. The fraction of sp³-hybridized carbons (Fsp3) is 0.769. The van der Waals surface area contributed by atoms with Crippen LogP contribution in [0.1, 0.15) is 45.5 Å². The van der Waals surface area contributed by atoms with E-state index in [1.54, 1.807) is 0 Å². The van der Waals surface area contributed by atoms with Gasteiger partial charge in [0, 0.05) is 6.04 Å². The van der Waals surface area contributed by atoms with Gasteiger partial charge in [-0.2, -0.15) is 16.9 Å². The van der Waals surface area contributed by atoms with Crippen LogP contribution in [-0.2, 0) is 12.8 Å². The number of aromatic nitrogens is 3. The number of aryl methyl sites for hydroxylation is 2. The molecule has 0 fully saturated rings. The van der Waals surface area contributed by atoms with E-state index in [1.807, 2.05) is 11.8 Å². The molecule has 1 aromatic rings. The monoisotopic (exact) mass is 268 g/mol. The van der Waals surface area contributed by atoms with Gasteiger partial charge in [0.2, 0.25) is 5.95 Å². The summed E-state index contributed by atoms with van der Waals surface area (Å²) in [4.78, 5) is 4.54. The molecule has 0 aliphatic heterocycles. The van der Waals surface area contributed by atoms with Crippen LogP contribution in [0.2, 0.25) is 0 Å². The van der Waals surface area contributed by atoms with Crippen LogP contribution in [0, 0.1) is 0 Å². The van der Waals surface area contributed by atoms with Gasteiger partial charge >= 0.3 is 0 Å². The van der Waals surface area contributed by atoms with Crippen LogP contribution in [0.15, 0.2) is 0 Å². The Balaban J connectivity index is 2.56. The Morgan fingerprint density at radius 2 is 1.83 bits per heavy atom. The molecule has 0 aliphatic carbocycles. The summed E-state index contributed by atoms with van der Waals surface area (Å²) in [6.07, 6.45) is 2.93. The van der Waals surface area contributed by atoms with Gasteiger partial charge in [0.15, 0.2) is 0 Å². The summed E-state index contributed by atoms with van der Waals surface area (Å²) in [5, 5.41) is 11.7. The molecule has 5 heteroatoms. The first-order chi connectivity index (χ1) is 8.71. The molecule has 18 heavy (non-hydrogen) atoms. The van der Waals surface area contributed by atoms with Crippen molar-refractivity contribution in [2.75, 3.05) is 16.8 Å². The Hall–Kier alpha value is -0.840. The summed E-state index contributed by atoms with van der Waals surface area (Å²) in [5.74, 6) is 3.01. The molecule has 1 N–H and O–H groups in total. The first kappa shape index (κ1) is 15.2. The van der Waals surface area contributed by atoms with Crippen LogP contribution in [0.25, 0.3) is 0 Å². The van der Waals surface area contributed by atoms with Crippen LogP contribution in [0.3, 0.4) is 0 Å². The fourth-order valence-corrected chi connectivity index (χ4v) is 2.51. The standard InChI is InChI=1S/C13H24N4S/c1-5-11-12(6-2)16-17-13(15-11)14-10(4)8-9-18-7-3/h10H,5-9H2,1-4H3,(H,14,15,17). The van der Waals surface area contributed by atoms with E-state index in [9.17, 15) is 0 Å². The first-order valence-corrected chi connectivity index (χ1v) is 7.93. The summed E-state index contributed by atoms with van der Waals surface area (Å²) in [6, 6.07) is 0.392. The largest absolute Gasteiger partial charge is 0.350 e. The van der Waals surface area contributed by atoms with Gasteiger partial charge in [-0.3, -0.25) is 0 Å². The molecule has 0 saturated heterocycles. The predicted octanol–water partition coefficient (Wildman–Crippen LogP) is 2.94. The van der Waals surface area contributed by atoms with Crippen LogP contribution < -0.4 is 5.32 Å². The van der Waals surface area contributed by atoms with E-state index in [-0.39, 0.29) is 0 Å². The van der Waals surface area contributed by atoms with Crippen LogP contribution >= 0.6 is 11.8 Å². The molecule has 0 spiro atoms. The lowest BCUT2D eigenvalue weighted by atomic mass is 10.2. The topological polar surface area (TPSA) is 50.7 Å². The Bertz CT molecular complexity index is 357. The molecule has 0 saturated carbocycles. The highest BCUT2D eigenvalue weighted by molar-refractivity contribution is 7.99. The van der Waals surface area contributed by atoms with Crippen LogP contribution in [0.4, 0.5) is 5.95 Å². The third-order valence-electron chi connectivity index (χ3n) is 2.78. The molecule has 1 heterocycles. The maximum Gasteiger partial charge on any atom is 0.243 e. The number of rotatable bonds is 8. The second kappa shape index (κ2) is 8.29. The van der Waals surface area contributed by atoms with Crippen molar-refractivity contribution in [3.63, 3.8) is 0 Å². The summed E-state index contributed by atoms with van der Waals surface area (Å²) in [6.45, 7) is 8.54. The van der Waals surface area contributed by atoms with Gasteiger partial charge in [0.05, 0.1) is 11.4 Å². The number of hydrogen-bond acceptors (Lipinski definition) is 5. The highest BCUT2D eigenvalue weighted by Crippen LogP contribution is 2.10. The number of thioether (sulfide) groups is 1. The smallest absolute Gasteiger partial charge is 0.243 e. The average molecular weight is 268 g/mol. The van der Waals surface area contributed by atoms with E-state index in [1.165, 1.54) is 11.5 Å². The third-order valence-corrected chi connectivity index (χ3v) is 3.72. The molecular formula is C13H24N4S. The molecule has 0 radical (unpaired) electrons. The van der Waals surface area contributed by atoms with Crippen molar-refractivity contribution in [3.8, 4) is 0 Å². The summed E-state index contributed by atoms with van der Waals surface area (Å²) < 4.78 is 0. The summed E-state index contributed by atoms with van der Waals surface area (Å²) in [5.41, 5.74) is 2.07. The minimum atomic E-state index is 0.392. The lowest BCUT2D eigenvalue weighted by Crippen LogP contribution is -2.19. The van der Waals surface area contributed by atoms with Gasteiger partial charge in [0.1, 0.15) is 0 Å². The summed E-state index contributed by atoms with van der Waals surface area (Å²) in [7, 11) is 0. The maximum absolute atomic E-state index is 4.54. The van der Waals surface area contributed by atoms with Crippen molar-refractivity contribution >= 4 is 17.7 Å². The van der Waals surface area contributed by atoms with E-state index >= 15 is 0 Å². The molecule has 102 valence electrons. The lowest BCUT2D eigenvalue weighted by molar-refractivity contribution is 0.739. The molecule has 0 amide bonds. The Morgan fingerprint density at radius 1 is 1.11 bits per heavy atom. The van der Waals surface area contributed by atoms with Gasteiger partial charge in [-0.25, -0.2) is 4.98 Å². The Labute approximate surface area is 114 Å². The van der Waals surface area contributed by atoms with Crippen LogP contribution in [-0.4, -0.2) is 32.7 Å². The SMILES string of the molecule is CCSCCC(C)Nc1nnc(CC)c(CC)n1. The third kappa shape index (κ3) is 4.80. The second-order valence-corrected chi connectivity index (χ2v) is 5.66. The maximum atomic E-state index is 4.54. The van der Waals surface area contributed by atoms with E-state index < -0.39 is 0 Å². The zero-order chi connectivity index (χ0) is 13.4. The number of hydrogen-bond donors (Lipinski definition) is 1. The van der Waals surface area contributed by atoms with Gasteiger partial charge in [-0.05, 0) is 37.7 Å². The minimum absolute atomic E-state index is 0.392. The van der Waals surface area contributed by atoms with E-state index in [4.69, 9.17) is 0 Å². The highest BCUT2D eigenvalue weighted by atomic mass is 32.2. The zero-order valence-electron chi connectivity index (χ0n) is 11.9. The Morgan fingerprint density at radius 3 is 2.44 bits per heavy atom. The summed E-state index contributed by atoms with van der Waals surface area (Å²) >= 11 is 1.96. The van der Waals surface area contributed by atoms with Gasteiger partial charge in [-0.1, -0.05) is 20.8 Å². The molecule has 1 aromatic heterocycles. The van der Waals surface area contributed by atoms with Crippen molar-refractivity contribution in [3.05, 3.63) is 11.4 Å². The molecule has 1 atom stereocenters. The van der Waals surface area contributed by atoms with Crippen molar-refractivity contribution in [1.29, 1.82) is 0 Å². The molecule has 1 unspecified atom stereocenters.